The smallest absolute Gasteiger partial charge is 0.305 e. The number of nitrogens with zero attached hydrogens (tertiary/aromatic N) is 2. The Morgan fingerprint density at radius 1 is 1.37 bits per heavy atom. The molecule has 0 aliphatic heterocycles. The van der Waals surface area contributed by atoms with Crippen LogP contribution < -0.4 is 4.90 Å². The highest BCUT2D eigenvalue weighted by Crippen LogP contribution is 2.17. The van der Waals surface area contributed by atoms with Gasteiger partial charge in [-0.1, -0.05) is 23.4 Å². The molecule has 5 nitrogen and oxygen atoms in total. The minimum absolute atomic E-state index is 0.0890. The van der Waals surface area contributed by atoms with Crippen LogP contribution in [-0.4, -0.2) is 22.8 Å². The molecule has 0 saturated carbocycles. The van der Waals surface area contributed by atoms with E-state index in [0.29, 0.717) is 13.1 Å². The molecule has 0 spiro atoms. The molecule has 0 unspecified atom stereocenters. The van der Waals surface area contributed by atoms with Crippen LogP contribution in [0.4, 0.5) is 5.69 Å². The van der Waals surface area contributed by atoms with E-state index in [1.807, 2.05) is 48.2 Å². The van der Waals surface area contributed by atoms with Gasteiger partial charge in [0.2, 0.25) is 0 Å². The third-order valence-corrected chi connectivity index (χ3v) is 2.75. The maximum absolute atomic E-state index is 10.7. The first-order chi connectivity index (χ1) is 9.15. The van der Waals surface area contributed by atoms with Crippen molar-refractivity contribution in [3.05, 3.63) is 47.9 Å². The summed E-state index contributed by atoms with van der Waals surface area (Å²) < 4.78 is 5.03. The van der Waals surface area contributed by atoms with Crippen molar-refractivity contribution in [3.8, 4) is 0 Å². The Labute approximate surface area is 111 Å². The van der Waals surface area contributed by atoms with E-state index in [9.17, 15) is 4.79 Å². The molecular weight excluding hydrogens is 244 g/mol. The average Bonchev–Trinajstić information content (AvgIpc) is 2.81. The topological polar surface area (TPSA) is 66.6 Å². The number of aromatic nitrogens is 1. The lowest BCUT2D eigenvalue weighted by atomic mass is 10.2. The van der Waals surface area contributed by atoms with Gasteiger partial charge in [0, 0.05) is 18.3 Å². The summed E-state index contributed by atoms with van der Waals surface area (Å²) in [5, 5.41) is 12.8. The number of hydrogen-bond donors (Lipinski definition) is 1. The summed E-state index contributed by atoms with van der Waals surface area (Å²) in [5.41, 5.74) is 1.77. The third kappa shape index (κ3) is 3.84. The molecule has 0 radical (unpaired) electrons. The molecule has 2 rings (SSSR count). The molecule has 0 aliphatic carbocycles. The van der Waals surface area contributed by atoms with E-state index in [4.69, 9.17) is 9.63 Å². The van der Waals surface area contributed by atoms with Crippen molar-refractivity contribution in [2.45, 2.75) is 19.9 Å². The van der Waals surface area contributed by atoms with Crippen molar-refractivity contribution >= 4 is 11.7 Å². The molecule has 1 aromatic heterocycles. The summed E-state index contributed by atoms with van der Waals surface area (Å²) in [6.45, 7) is 2.81. The Hall–Kier alpha value is -2.30. The van der Waals surface area contributed by atoms with Gasteiger partial charge < -0.3 is 14.5 Å². The Kier molecular flexibility index (Phi) is 4.18. The van der Waals surface area contributed by atoms with Crippen molar-refractivity contribution in [3.63, 3.8) is 0 Å². The minimum Gasteiger partial charge on any atom is -0.481 e. The van der Waals surface area contributed by atoms with Gasteiger partial charge in [-0.2, -0.15) is 0 Å². The molecule has 0 saturated heterocycles. The maximum Gasteiger partial charge on any atom is 0.305 e. The van der Waals surface area contributed by atoms with E-state index in [1.165, 1.54) is 0 Å². The molecule has 0 atom stereocenters. The Bertz CT molecular complexity index is 537. The molecule has 19 heavy (non-hydrogen) atoms. The zero-order valence-corrected chi connectivity index (χ0v) is 10.7. The van der Waals surface area contributed by atoms with Crippen molar-refractivity contribution in [1.82, 2.24) is 5.16 Å². The van der Waals surface area contributed by atoms with E-state index < -0.39 is 5.97 Å². The first-order valence-electron chi connectivity index (χ1n) is 6.09. The number of benzene rings is 1. The van der Waals surface area contributed by atoms with E-state index in [0.717, 1.165) is 17.1 Å². The van der Waals surface area contributed by atoms with Crippen molar-refractivity contribution in [1.29, 1.82) is 0 Å². The molecule has 0 bridgehead atoms. The summed E-state index contributed by atoms with van der Waals surface area (Å²) in [7, 11) is 0. The van der Waals surface area contributed by atoms with Crippen LogP contribution in [0.15, 0.2) is 40.9 Å². The predicted octanol–water partition coefficient (Wildman–Crippen LogP) is 2.46. The monoisotopic (exact) mass is 260 g/mol. The average molecular weight is 260 g/mol. The zero-order valence-electron chi connectivity index (χ0n) is 10.7. The highest BCUT2D eigenvalue weighted by atomic mass is 16.5. The van der Waals surface area contributed by atoms with Crippen LogP contribution in [0.5, 0.6) is 0 Å². The second-order valence-electron chi connectivity index (χ2n) is 4.33. The van der Waals surface area contributed by atoms with Gasteiger partial charge in [0.15, 0.2) is 0 Å². The Balaban J connectivity index is 2.12. The molecule has 0 aliphatic rings. The lowest BCUT2D eigenvalue weighted by molar-refractivity contribution is -0.136. The second kappa shape index (κ2) is 6.04. The fourth-order valence-corrected chi connectivity index (χ4v) is 1.86. The van der Waals surface area contributed by atoms with Gasteiger partial charge in [-0.05, 0) is 19.1 Å². The molecule has 2 aromatic rings. The van der Waals surface area contributed by atoms with E-state index in [2.05, 4.69) is 5.16 Å². The standard InChI is InChI=1S/C14H16N2O3/c1-11-9-12(15-19-11)10-16(8-7-14(17)18)13-5-3-2-4-6-13/h2-6,9H,7-8,10H2,1H3,(H,17,18). The lowest BCUT2D eigenvalue weighted by Crippen LogP contribution is -2.25. The van der Waals surface area contributed by atoms with Crippen molar-refractivity contribution in [2.24, 2.45) is 0 Å². The number of aryl methyl sites for hydroxylation is 1. The maximum atomic E-state index is 10.7. The Morgan fingerprint density at radius 3 is 2.68 bits per heavy atom. The first kappa shape index (κ1) is 13.1. The summed E-state index contributed by atoms with van der Waals surface area (Å²) in [4.78, 5) is 12.7. The molecule has 100 valence electrons. The third-order valence-electron chi connectivity index (χ3n) is 2.75. The van der Waals surface area contributed by atoms with E-state index >= 15 is 0 Å². The van der Waals surface area contributed by atoms with E-state index in [-0.39, 0.29) is 6.42 Å². The number of carboxylic acids is 1. The van der Waals surface area contributed by atoms with Crippen molar-refractivity contribution in [2.75, 3.05) is 11.4 Å². The highest BCUT2D eigenvalue weighted by Gasteiger charge is 2.11. The summed E-state index contributed by atoms with van der Waals surface area (Å²) in [6, 6.07) is 11.5. The number of anilines is 1. The van der Waals surface area contributed by atoms with Crippen LogP contribution in [0.2, 0.25) is 0 Å². The van der Waals surface area contributed by atoms with Gasteiger partial charge in [0.1, 0.15) is 11.5 Å². The molecular formula is C14H16N2O3. The fraction of sp³-hybridized carbons (Fsp3) is 0.286. The second-order valence-corrected chi connectivity index (χ2v) is 4.33. The SMILES string of the molecule is Cc1cc(CN(CCC(=O)O)c2ccccc2)no1. The van der Waals surface area contributed by atoms with Gasteiger partial charge in [0.25, 0.3) is 0 Å². The molecule has 1 heterocycles. The van der Waals surface area contributed by atoms with Gasteiger partial charge in [-0.3, -0.25) is 4.79 Å². The van der Waals surface area contributed by atoms with Crippen LogP contribution in [0.3, 0.4) is 0 Å². The summed E-state index contributed by atoms with van der Waals surface area (Å²) >= 11 is 0. The molecule has 0 fully saturated rings. The fourth-order valence-electron chi connectivity index (χ4n) is 1.86. The van der Waals surface area contributed by atoms with Gasteiger partial charge in [-0.15, -0.1) is 0 Å². The zero-order chi connectivity index (χ0) is 13.7. The van der Waals surface area contributed by atoms with Crippen LogP contribution >= 0.6 is 0 Å². The summed E-state index contributed by atoms with van der Waals surface area (Å²) in [6.07, 6.45) is 0.0890. The number of para-hydroxylation sites is 1. The number of rotatable bonds is 6. The number of carbonyl (C=O) groups is 1. The largest absolute Gasteiger partial charge is 0.481 e. The molecule has 1 N–H and O–H groups in total. The lowest BCUT2D eigenvalue weighted by Gasteiger charge is -2.22. The predicted molar refractivity (Wildman–Crippen MR) is 71.0 cm³/mol. The van der Waals surface area contributed by atoms with Gasteiger partial charge >= 0.3 is 5.97 Å². The van der Waals surface area contributed by atoms with E-state index in [1.54, 1.807) is 0 Å². The number of hydrogen-bond acceptors (Lipinski definition) is 4. The van der Waals surface area contributed by atoms with Crippen LogP contribution in [0.1, 0.15) is 17.9 Å². The summed E-state index contributed by atoms with van der Waals surface area (Å²) in [5.74, 6) is -0.0569. The normalized spacial score (nSPS) is 10.4. The quantitative estimate of drug-likeness (QED) is 0.864. The Morgan fingerprint density at radius 2 is 2.11 bits per heavy atom. The van der Waals surface area contributed by atoms with Crippen LogP contribution in [0, 0.1) is 6.92 Å². The number of aliphatic carboxylic acids is 1. The van der Waals surface area contributed by atoms with Gasteiger partial charge in [0.05, 0.1) is 13.0 Å². The first-order valence-corrected chi connectivity index (χ1v) is 6.09. The highest BCUT2D eigenvalue weighted by molar-refractivity contribution is 5.67. The van der Waals surface area contributed by atoms with Crippen LogP contribution in [0.25, 0.3) is 0 Å². The van der Waals surface area contributed by atoms with Crippen LogP contribution in [-0.2, 0) is 11.3 Å². The number of carboxylic acid groups (broad SMARTS) is 1. The molecule has 0 amide bonds. The minimum atomic E-state index is -0.808. The van der Waals surface area contributed by atoms with Gasteiger partial charge in [-0.25, -0.2) is 0 Å². The van der Waals surface area contributed by atoms with Crippen molar-refractivity contribution < 1.29 is 14.4 Å². The molecule has 5 heteroatoms. The molecule has 1 aromatic carbocycles.